The first-order valence-electron chi connectivity index (χ1n) is 5.81. The van der Waals surface area contributed by atoms with Crippen molar-refractivity contribution < 1.29 is 9.53 Å². The lowest BCUT2D eigenvalue weighted by molar-refractivity contribution is -0.118. The number of nitriles is 1. The van der Waals surface area contributed by atoms with Crippen molar-refractivity contribution in [3.8, 4) is 11.8 Å². The van der Waals surface area contributed by atoms with Gasteiger partial charge in [0.25, 0.3) is 0 Å². The minimum absolute atomic E-state index is 0.0291. The van der Waals surface area contributed by atoms with Gasteiger partial charge < -0.3 is 15.8 Å². The zero-order valence-electron chi connectivity index (χ0n) is 10.4. The van der Waals surface area contributed by atoms with Crippen LogP contribution in [0.25, 0.3) is 0 Å². The van der Waals surface area contributed by atoms with Crippen LogP contribution in [0.2, 0.25) is 0 Å². The summed E-state index contributed by atoms with van der Waals surface area (Å²) in [5, 5.41) is 11.7. The number of anilines is 1. The van der Waals surface area contributed by atoms with E-state index in [0.29, 0.717) is 30.2 Å². The second-order valence-electron chi connectivity index (χ2n) is 3.87. The number of unbranched alkanes of at least 4 members (excludes halogenated alkanes) is 1. The highest BCUT2D eigenvalue weighted by molar-refractivity contribution is 5.72. The van der Waals surface area contributed by atoms with Crippen LogP contribution < -0.4 is 15.8 Å². The molecule has 1 aromatic rings. The van der Waals surface area contributed by atoms with Gasteiger partial charge in [-0.1, -0.05) is 6.07 Å². The molecule has 0 aromatic heterocycles. The molecule has 0 unspecified atom stereocenters. The number of hydrogen-bond donors (Lipinski definition) is 2. The lowest BCUT2D eigenvalue weighted by Gasteiger charge is -2.09. The maximum atomic E-state index is 10.6. The second-order valence-corrected chi connectivity index (χ2v) is 3.87. The Morgan fingerprint density at radius 2 is 2.28 bits per heavy atom. The maximum Gasteiger partial charge on any atom is 0.216 e. The predicted molar refractivity (Wildman–Crippen MR) is 69.0 cm³/mol. The Hall–Kier alpha value is -2.22. The molecule has 0 aliphatic rings. The molecule has 5 nitrogen and oxygen atoms in total. The fraction of sp³-hybridized carbons (Fsp3) is 0.385. The summed E-state index contributed by atoms with van der Waals surface area (Å²) in [7, 11) is 0. The largest absolute Gasteiger partial charge is 0.492 e. The third-order valence-electron chi connectivity index (χ3n) is 2.37. The van der Waals surface area contributed by atoms with E-state index in [1.54, 1.807) is 18.2 Å². The SMILES string of the molecule is CC(=O)NCCCCOc1cccc(N)c1C#N. The average Bonchev–Trinajstić information content (AvgIpc) is 2.33. The first kappa shape index (κ1) is 13.8. The minimum atomic E-state index is -0.0291. The third kappa shape index (κ3) is 4.34. The van der Waals surface area contributed by atoms with Gasteiger partial charge in [0.1, 0.15) is 17.4 Å². The molecule has 0 atom stereocenters. The van der Waals surface area contributed by atoms with E-state index in [-0.39, 0.29) is 5.91 Å². The number of benzene rings is 1. The number of carbonyl (C=O) groups excluding carboxylic acids is 1. The van der Waals surface area contributed by atoms with Crippen LogP contribution in [0, 0.1) is 11.3 Å². The fourth-order valence-corrected chi connectivity index (χ4v) is 1.46. The lowest BCUT2D eigenvalue weighted by atomic mass is 10.2. The number of nitrogens with one attached hydrogen (secondary N) is 1. The first-order valence-corrected chi connectivity index (χ1v) is 5.81. The van der Waals surface area contributed by atoms with E-state index in [2.05, 4.69) is 5.32 Å². The van der Waals surface area contributed by atoms with E-state index in [1.807, 2.05) is 6.07 Å². The van der Waals surface area contributed by atoms with Crippen molar-refractivity contribution in [2.24, 2.45) is 0 Å². The Morgan fingerprint density at radius 1 is 1.50 bits per heavy atom. The van der Waals surface area contributed by atoms with Gasteiger partial charge in [0, 0.05) is 13.5 Å². The summed E-state index contributed by atoms with van der Waals surface area (Å²) in [6.07, 6.45) is 1.64. The smallest absolute Gasteiger partial charge is 0.216 e. The number of hydrogen-bond acceptors (Lipinski definition) is 4. The Labute approximate surface area is 107 Å². The summed E-state index contributed by atoms with van der Waals surface area (Å²) in [5.74, 6) is 0.482. The van der Waals surface area contributed by atoms with Crippen molar-refractivity contribution >= 4 is 11.6 Å². The predicted octanol–water partition coefficient (Wildman–Crippen LogP) is 1.44. The fourth-order valence-electron chi connectivity index (χ4n) is 1.46. The molecule has 96 valence electrons. The molecule has 0 fully saturated rings. The van der Waals surface area contributed by atoms with Crippen LogP contribution in [-0.4, -0.2) is 19.1 Å². The van der Waals surface area contributed by atoms with Crippen LogP contribution in [0.4, 0.5) is 5.69 Å². The molecule has 5 heteroatoms. The Kier molecular flexibility index (Phi) is 5.52. The molecule has 0 bridgehead atoms. The normalized spacial score (nSPS) is 9.56. The van der Waals surface area contributed by atoms with Gasteiger partial charge in [0.05, 0.1) is 12.3 Å². The molecule has 0 saturated carbocycles. The van der Waals surface area contributed by atoms with Crippen molar-refractivity contribution in [3.05, 3.63) is 23.8 Å². The van der Waals surface area contributed by atoms with Gasteiger partial charge in [-0.2, -0.15) is 5.26 Å². The highest BCUT2D eigenvalue weighted by atomic mass is 16.5. The van der Waals surface area contributed by atoms with E-state index in [9.17, 15) is 4.79 Å². The van der Waals surface area contributed by atoms with E-state index in [0.717, 1.165) is 12.8 Å². The van der Waals surface area contributed by atoms with E-state index in [4.69, 9.17) is 15.7 Å². The van der Waals surface area contributed by atoms with Crippen molar-refractivity contribution in [2.45, 2.75) is 19.8 Å². The molecule has 1 aromatic carbocycles. The van der Waals surface area contributed by atoms with Gasteiger partial charge in [-0.25, -0.2) is 0 Å². The summed E-state index contributed by atoms with van der Waals surface area (Å²) >= 11 is 0. The molecule has 3 N–H and O–H groups in total. The molecule has 0 aliphatic heterocycles. The van der Waals surface area contributed by atoms with Gasteiger partial charge in [-0.15, -0.1) is 0 Å². The zero-order valence-corrected chi connectivity index (χ0v) is 10.4. The maximum absolute atomic E-state index is 10.6. The van der Waals surface area contributed by atoms with Gasteiger partial charge in [0.15, 0.2) is 0 Å². The summed E-state index contributed by atoms with van der Waals surface area (Å²) in [6.45, 7) is 2.63. The van der Waals surface area contributed by atoms with Crippen molar-refractivity contribution in [1.82, 2.24) is 5.32 Å². The van der Waals surface area contributed by atoms with Gasteiger partial charge in [-0.3, -0.25) is 4.79 Å². The average molecular weight is 247 g/mol. The van der Waals surface area contributed by atoms with E-state index < -0.39 is 0 Å². The molecular formula is C13H17N3O2. The molecule has 0 radical (unpaired) electrons. The highest BCUT2D eigenvalue weighted by Gasteiger charge is 2.05. The minimum Gasteiger partial charge on any atom is -0.492 e. The summed E-state index contributed by atoms with van der Waals surface area (Å²) in [5.41, 5.74) is 6.47. The Balaban J connectivity index is 2.34. The van der Waals surface area contributed by atoms with Crippen LogP contribution in [-0.2, 0) is 4.79 Å². The monoisotopic (exact) mass is 247 g/mol. The quantitative estimate of drug-likeness (QED) is 0.588. The van der Waals surface area contributed by atoms with Gasteiger partial charge >= 0.3 is 0 Å². The van der Waals surface area contributed by atoms with Crippen LogP contribution in [0.3, 0.4) is 0 Å². The molecule has 1 amide bonds. The standard InChI is InChI=1S/C13H17N3O2/c1-10(17)16-7-2-3-8-18-13-6-4-5-12(15)11(13)9-14/h4-6H,2-3,7-8,15H2,1H3,(H,16,17). The molecule has 0 spiro atoms. The second kappa shape index (κ2) is 7.17. The Morgan fingerprint density at radius 3 is 2.94 bits per heavy atom. The van der Waals surface area contributed by atoms with Crippen LogP contribution in [0.15, 0.2) is 18.2 Å². The number of nitrogen functional groups attached to an aromatic ring is 1. The zero-order chi connectivity index (χ0) is 13.4. The molecule has 18 heavy (non-hydrogen) atoms. The number of nitrogens with two attached hydrogens (primary N) is 1. The number of carbonyl (C=O) groups is 1. The van der Waals surface area contributed by atoms with Crippen molar-refractivity contribution in [3.63, 3.8) is 0 Å². The van der Waals surface area contributed by atoms with Gasteiger partial charge in [-0.05, 0) is 25.0 Å². The first-order chi connectivity index (χ1) is 8.65. The van der Waals surface area contributed by atoms with Gasteiger partial charge in [0.2, 0.25) is 5.91 Å². The summed E-state index contributed by atoms with van der Waals surface area (Å²) in [4.78, 5) is 10.6. The topological polar surface area (TPSA) is 88.1 Å². The summed E-state index contributed by atoms with van der Waals surface area (Å²) < 4.78 is 5.50. The van der Waals surface area contributed by atoms with Crippen LogP contribution in [0.1, 0.15) is 25.3 Å². The molecule has 0 heterocycles. The van der Waals surface area contributed by atoms with Crippen molar-refractivity contribution in [1.29, 1.82) is 5.26 Å². The highest BCUT2D eigenvalue weighted by Crippen LogP contribution is 2.23. The number of nitrogens with zero attached hydrogens (tertiary/aromatic N) is 1. The van der Waals surface area contributed by atoms with E-state index in [1.165, 1.54) is 6.92 Å². The number of amides is 1. The number of rotatable bonds is 6. The van der Waals surface area contributed by atoms with Crippen LogP contribution >= 0.6 is 0 Å². The summed E-state index contributed by atoms with van der Waals surface area (Å²) in [6, 6.07) is 7.17. The lowest BCUT2D eigenvalue weighted by Crippen LogP contribution is -2.21. The Bertz CT molecular complexity index is 452. The molecular weight excluding hydrogens is 230 g/mol. The van der Waals surface area contributed by atoms with E-state index >= 15 is 0 Å². The number of ether oxygens (including phenoxy) is 1. The molecule has 0 saturated heterocycles. The molecule has 0 aliphatic carbocycles. The third-order valence-corrected chi connectivity index (χ3v) is 2.37. The van der Waals surface area contributed by atoms with Crippen LogP contribution in [0.5, 0.6) is 5.75 Å². The molecule has 1 rings (SSSR count). The van der Waals surface area contributed by atoms with Crippen molar-refractivity contribution in [2.75, 3.05) is 18.9 Å².